The van der Waals surface area contributed by atoms with Gasteiger partial charge in [0.25, 0.3) is 0 Å². The molecule has 0 saturated carbocycles. The van der Waals surface area contributed by atoms with E-state index in [4.69, 9.17) is 5.14 Å². The van der Waals surface area contributed by atoms with Crippen LogP contribution in [-0.4, -0.2) is 13.5 Å². The van der Waals surface area contributed by atoms with Crippen molar-refractivity contribution in [3.8, 4) is 5.75 Å². The molecule has 25 heavy (non-hydrogen) atoms. The molecule has 0 aromatic heterocycles. The highest BCUT2D eigenvalue weighted by Gasteiger charge is 2.12. The number of nitrogens with zero attached hydrogens (tertiary/aromatic N) is 2. The monoisotopic (exact) mass is 355 g/mol. The number of hydrogen-bond donors (Lipinski definition) is 2. The molecule has 0 fully saturated rings. The molecule has 128 valence electrons. The molecule has 7 heteroatoms. The smallest absolute Gasteiger partial charge is 0.238 e. The van der Waals surface area contributed by atoms with Crippen LogP contribution < -0.4 is 5.14 Å². The molecule has 0 unspecified atom stereocenters. The minimum atomic E-state index is -3.85. The number of fused-ring (bicyclic) bond motifs is 1. The number of nitrogens with two attached hydrogens (primary N) is 1. The Kier molecular flexibility index (Phi) is 4.28. The van der Waals surface area contributed by atoms with Crippen molar-refractivity contribution < 1.29 is 13.5 Å². The van der Waals surface area contributed by atoms with Gasteiger partial charge in [0, 0.05) is 10.8 Å². The van der Waals surface area contributed by atoms with Crippen LogP contribution in [0.2, 0.25) is 0 Å². The maximum absolute atomic E-state index is 11.5. The third kappa shape index (κ3) is 3.67. The summed E-state index contributed by atoms with van der Waals surface area (Å²) in [7, 11) is -3.85. The Hall–Kier alpha value is -2.77. The molecule has 3 N–H and O–H groups in total. The van der Waals surface area contributed by atoms with Gasteiger partial charge in [-0.05, 0) is 61.4 Å². The Balaban J connectivity index is 2.11. The summed E-state index contributed by atoms with van der Waals surface area (Å²) in [6, 6.07) is 13.2. The van der Waals surface area contributed by atoms with Crippen LogP contribution in [0.15, 0.2) is 63.7 Å². The van der Waals surface area contributed by atoms with Gasteiger partial charge in [0.2, 0.25) is 10.0 Å². The number of phenols is 1. The number of aryl methyl sites for hydroxylation is 2. The number of rotatable bonds is 3. The second-order valence-electron chi connectivity index (χ2n) is 5.90. The summed E-state index contributed by atoms with van der Waals surface area (Å²) in [5, 5.41) is 24.6. The molecule has 0 amide bonds. The maximum atomic E-state index is 11.5. The number of azo groups is 1. The van der Waals surface area contributed by atoms with E-state index < -0.39 is 10.0 Å². The molecule has 0 aliphatic rings. The lowest BCUT2D eigenvalue weighted by Gasteiger charge is -2.06. The lowest BCUT2D eigenvalue weighted by atomic mass is 10.1. The Bertz CT molecular complexity index is 1090. The average molecular weight is 355 g/mol. The Labute approximate surface area is 145 Å². The number of benzene rings is 3. The second-order valence-corrected chi connectivity index (χ2v) is 7.46. The molecular formula is C18H17N3O3S. The summed E-state index contributed by atoms with van der Waals surface area (Å²) in [6.07, 6.45) is 0. The van der Waals surface area contributed by atoms with Crippen LogP contribution in [0, 0.1) is 13.8 Å². The maximum Gasteiger partial charge on any atom is 0.238 e. The molecule has 3 rings (SSSR count). The Morgan fingerprint density at radius 1 is 0.880 bits per heavy atom. The van der Waals surface area contributed by atoms with Gasteiger partial charge < -0.3 is 5.11 Å². The molecule has 0 bridgehead atoms. The lowest BCUT2D eigenvalue weighted by Crippen LogP contribution is -2.11. The average Bonchev–Trinajstić information content (AvgIpc) is 2.52. The van der Waals surface area contributed by atoms with Crippen molar-refractivity contribution >= 4 is 32.2 Å². The van der Waals surface area contributed by atoms with Crippen molar-refractivity contribution in [2.75, 3.05) is 0 Å². The van der Waals surface area contributed by atoms with Crippen LogP contribution >= 0.6 is 0 Å². The molecule has 0 spiro atoms. The van der Waals surface area contributed by atoms with Crippen molar-refractivity contribution in [1.82, 2.24) is 0 Å². The van der Waals surface area contributed by atoms with Crippen LogP contribution in [0.25, 0.3) is 10.8 Å². The third-order valence-corrected chi connectivity index (χ3v) is 4.66. The molecule has 0 radical (unpaired) electrons. The molecule has 0 saturated heterocycles. The number of primary sulfonamides is 1. The van der Waals surface area contributed by atoms with Gasteiger partial charge in [-0.3, -0.25) is 0 Å². The van der Waals surface area contributed by atoms with Gasteiger partial charge in [-0.1, -0.05) is 12.1 Å². The fourth-order valence-electron chi connectivity index (χ4n) is 2.68. The van der Waals surface area contributed by atoms with Gasteiger partial charge in [0.15, 0.2) is 0 Å². The number of sulfonamides is 1. The number of aromatic hydroxyl groups is 1. The first-order valence-corrected chi connectivity index (χ1v) is 9.07. The van der Waals surface area contributed by atoms with E-state index in [1.54, 1.807) is 12.1 Å². The van der Waals surface area contributed by atoms with Gasteiger partial charge in [0.05, 0.1) is 16.3 Å². The molecule has 0 aliphatic carbocycles. The summed E-state index contributed by atoms with van der Waals surface area (Å²) >= 11 is 0. The fourth-order valence-corrected chi connectivity index (χ4v) is 3.22. The van der Waals surface area contributed by atoms with Crippen LogP contribution in [0.1, 0.15) is 11.1 Å². The summed E-state index contributed by atoms with van der Waals surface area (Å²) in [4.78, 5) is -0.0707. The molecule has 3 aromatic rings. The van der Waals surface area contributed by atoms with Gasteiger partial charge in [-0.25, -0.2) is 13.6 Å². The van der Waals surface area contributed by atoms with Gasteiger partial charge in [-0.15, -0.1) is 5.11 Å². The van der Waals surface area contributed by atoms with Gasteiger partial charge >= 0.3 is 0 Å². The van der Waals surface area contributed by atoms with E-state index in [2.05, 4.69) is 10.2 Å². The summed E-state index contributed by atoms with van der Waals surface area (Å²) in [6.45, 7) is 3.97. The van der Waals surface area contributed by atoms with Crippen LogP contribution in [0.5, 0.6) is 5.75 Å². The van der Waals surface area contributed by atoms with E-state index in [-0.39, 0.29) is 10.6 Å². The molecule has 3 aromatic carbocycles. The molecule has 0 atom stereocenters. The highest BCUT2D eigenvalue weighted by Crippen LogP contribution is 2.35. The second kappa shape index (κ2) is 6.27. The first-order valence-electron chi connectivity index (χ1n) is 7.52. The Morgan fingerprint density at radius 2 is 1.56 bits per heavy atom. The first-order chi connectivity index (χ1) is 11.7. The van der Waals surface area contributed by atoms with E-state index in [1.807, 2.05) is 32.0 Å². The fraction of sp³-hybridized carbons (Fsp3) is 0.111. The van der Waals surface area contributed by atoms with E-state index in [1.165, 1.54) is 18.2 Å². The summed E-state index contributed by atoms with van der Waals surface area (Å²) in [5.74, 6) is -0.0501. The number of phenolic OH excluding ortho intramolecular Hbond substituents is 1. The highest BCUT2D eigenvalue weighted by atomic mass is 32.2. The van der Waals surface area contributed by atoms with Crippen LogP contribution in [0.3, 0.4) is 0 Å². The largest absolute Gasteiger partial charge is 0.507 e. The lowest BCUT2D eigenvalue weighted by molar-refractivity contribution is 0.481. The Morgan fingerprint density at radius 3 is 2.20 bits per heavy atom. The summed E-state index contributed by atoms with van der Waals surface area (Å²) < 4.78 is 23.0. The number of hydrogen-bond acceptors (Lipinski definition) is 5. The predicted molar refractivity (Wildman–Crippen MR) is 97.1 cm³/mol. The van der Waals surface area contributed by atoms with Crippen molar-refractivity contribution in [3.63, 3.8) is 0 Å². The van der Waals surface area contributed by atoms with Crippen molar-refractivity contribution in [2.45, 2.75) is 18.7 Å². The minimum Gasteiger partial charge on any atom is -0.507 e. The van der Waals surface area contributed by atoms with E-state index >= 15 is 0 Å². The zero-order valence-electron chi connectivity index (χ0n) is 13.8. The normalized spacial score (nSPS) is 12.1. The van der Waals surface area contributed by atoms with Gasteiger partial charge in [0.1, 0.15) is 5.75 Å². The van der Waals surface area contributed by atoms with E-state index in [0.717, 1.165) is 16.8 Å². The third-order valence-electron chi connectivity index (χ3n) is 3.75. The molecule has 0 aliphatic heterocycles. The predicted octanol–water partition coefficient (Wildman–Crippen LogP) is 4.23. The zero-order chi connectivity index (χ0) is 18.2. The van der Waals surface area contributed by atoms with Crippen molar-refractivity contribution in [1.29, 1.82) is 0 Å². The van der Waals surface area contributed by atoms with Crippen molar-refractivity contribution in [3.05, 3.63) is 59.7 Å². The quantitative estimate of drug-likeness (QED) is 0.687. The van der Waals surface area contributed by atoms with Crippen molar-refractivity contribution in [2.24, 2.45) is 15.4 Å². The first kappa shape index (κ1) is 17.1. The molecule has 6 nitrogen and oxygen atoms in total. The van der Waals surface area contributed by atoms with E-state index in [9.17, 15) is 13.5 Å². The SMILES string of the molecule is Cc1cc(C)cc(N=Nc2ccc(O)c3cc(S(N)(=O)=O)ccc23)c1. The van der Waals surface area contributed by atoms with Crippen LogP contribution in [-0.2, 0) is 10.0 Å². The molecule has 0 heterocycles. The minimum absolute atomic E-state index is 0.0501. The highest BCUT2D eigenvalue weighted by molar-refractivity contribution is 7.89. The van der Waals surface area contributed by atoms with Gasteiger partial charge in [-0.2, -0.15) is 5.11 Å². The van der Waals surface area contributed by atoms with E-state index in [0.29, 0.717) is 16.5 Å². The topological polar surface area (TPSA) is 105 Å². The summed E-state index contributed by atoms with van der Waals surface area (Å²) in [5.41, 5.74) is 3.41. The van der Waals surface area contributed by atoms with Crippen LogP contribution in [0.4, 0.5) is 11.4 Å². The standard InChI is InChI=1S/C18H17N3O3S/c1-11-7-12(2)9-13(8-11)20-21-17-5-6-18(22)16-10-14(25(19,23)24)3-4-15(16)17/h3-10,22H,1-2H3,(H2,19,23,24). The molecular weight excluding hydrogens is 338 g/mol. The zero-order valence-corrected chi connectivity index (χ0v) is 14.6.